The highest BCUT2D eigenvalue weighted by Gasteiger charge is 2.06. The highest BCUT2D eigenvalue weighted by atomic mass is 35.5. The molecule has 0 fully saturated rings. The third-order valence-electron chi connectivity index (χ3n) is 2.09. The summed E-state index contributed by atoms with van der Waals surface area (Å²) in [4.78, 5) is 10.8. The van der Waals surface area contributed by atoms with Crippen molar-refractivity contribution in [3.05, 3.63) is 40.4 Å². The van der Waals surface area contributed by atoms with Crippen LogP contribution in [0.3, 0.4) is 0 Å². The summed E-state index contributed by atoms with van der Waals surface area (Å²) in [6.07, 6.45) is 1.13. The number of allylic oxidation sites excluding steroid dienone is 1. The maximum absolute atomic E-state index is 10.8. The predicted octanol–water partition coefficient (Wildman–Crippen LogP) is 4.38. The summed E-state index contributed by atoms with van der Waals surface area (Å²) < 4.78 is 0. The van der Waals surface area contributed by atoms with Crippen LogP contribution < -0.4 is 0 Å². The summed E-state index contributed by atoms with van der Waals surface area (Å²) in [6, 6.07) is 5.27. The Balaban J connectivity index is 2.78. The highest BCUT2D eigenvalue weighted by Crippen LogP contribution is 2.28. The lowest BCUT2D eigenvalue weighted by Gasteiger charge is -2.07. The third kappa shape index (κ3) is 3.69. The van der Waals surface area contributed by atoms with Gasteiger partial charge in [-0.15, -0.1) is 0 Å². The monoisotopic (exact) mass is 242 g/mol. The molecule has 0 heterocycles. The Morgan fingerprint density at radius 3 is 2.53 bits per heavy atom. The van der Waals surface area contributed by atoms with Gasteiger partial charge in [0, 0.05) is 16.5 Å². The van der Waals surface area contributed by atoms with E-state index in [1.165, 1.54) is 0 Å². The van der Waals surface area contributed by atoms with Gasteiger partial charge in [-0.2, -0.15) is 0 Å². The fraction of sp³-hybridized carbons (Fsp3) is 0.250. The zero-order chi connectivity index (χ0) is 11.4. The molecule has 1 aromatic rings. The maximum atomic E-state index is 10.8. The van der Waals surface area contributed by atoms with Crippen molar-refractivity contribution >= 4 is 34.6 Å². The predicted molar refractivity (Wildman–Crippen MR) is 65.4 cm³/mol. The van der Waals surface area contributed by atoms with Crippen LogP contribution in [0.1, 0.15) is 25.3 Å². The number of hydrogen-bond donors (Lipinski definition) is 0. The van der Waals surface area contributed by atoms with Crippen molar-refractivity contribution in [2.45, 2.75) is 19.8 Å². The summed E-state index contributed by atoms with van der Waals surface area (Å²) in [5, 5.41) is 1.18. The zero-order valence-corrected chi connectivity index (χ0v) is 10.0. The number of ketones is 1. The first-order valence-electron chi connectivity index (χ1n) is 4.63. The lowest BCUT2D eigenvalue weighted by Crippen LogP contribution is -1.92. The van der Waals surface area contributed by atoms with Gasteiger partial charge >= 0.3 is 0 Å². The first-order chi connectivity index (χ1) is 7.00. The van der Waals surface area contributed by atoms with Crippen LogP contribution in [0.5, 0.6) is 0 Å². The van der Waals surface area contributed by atoms with Crippen molar-refractivity contribution in [3.63, 3.8) is 0 Å². The second-order valence-corrected chi connectivity index (χ2v) is 4.27. The van der Waals surface area contributed by atoms with Crippen molar-refractivity contribution < 1.29 is 4.79 Å². The highest BCUT2D eigenvalue weighted by molar-refractivity contribution is 6.35. The molecule has 0 aliphatic heterocycles. The Kier molecular flexibility index (Phi) is 4.37. The van der Waals surface area contributed by atoms with Gasteiger partial charge in [0.05, 0.1) is 0 Å². The summed E-state index contributed by atoms with van der Waals surface area (Å²) in [7, 11) is 0. The molecular weight excluding hydrogens is 231 g/mol. The van der Waals surface area contributed by atoms with Crippen LogP contribution >= 0.6 is 23.2 Å². The van der Waals surface area contributed by atoms with Gasteiger partial charge in [-0.1, -0.05) is 35.8 Å². The Morgan fingerprint density at radius 1 is 1.33 bits per heavy atom. The molecule has 0 aliphatic rings. The second kappa shape index (κ2) is 5.34. The smallest absolute Gasteiger partial charge is 0.130 e. The number of halogens is 2. The van der Waals surface area contributed by atoms with Crippen LogP contribution in [0.2, 0.25) is 10.0 Å². The van der Waals surface area contributed by atoms with Gasteiger partial charge in [-0.3, -0.25) is 0 Å². The number of hydrogen-bond acceptors (Lipinski definition) is 1. The number of Topliss-reactive ketones (excluding diaryl/α,β-unsaturated/α-hetero) is 1. The average Bonchev–Trinajstić information content (AvgIpc) is 2.14. The minimum Gasteiger partial charge on any atom is -0.300 e. The summed E-state index contributed by atoms with van der Waals surface area (Å²) in [5.41, 5.74) is 1.73. The molecule has 0 atom stereocenters. The van der Waals surface area contributed by atoms with E-state index < -0.39 is 0 Å². The molecule has 1 nitrogen and oxygen atoms in total. The Hall–Kier alpha value is -0.790. The molecule has 0 aromatic heterocycles. The van der Waals surface area contributed by atoms with Crippen molar-refractivity contribution in [2.24, 2.45) is 0 Å². The number of carbonyl (C=O) groups excluding carboxylic acids is 1. The van der Waals surface area contributed by atoms with Crippen molar-refractivity contribution in [3.8, 4) is 0 Å². The molecule has 15 heavy (non-hydrogen) atoms. The quantitative estimate of drug-likeness (QED) is 0.767. The van der Waals surface area contributed by atoms with Crippen molar-refractivity contribution in [1.29, 1.82) is 0 Å². The fourth-order valence-corrected chi connectivity index (χ4v) is 1.78. The van der Waals surface area contributed by atoms with E-state index in [0.29, 0.717) is 22.9 Å². The molecule has 0 unspecified atom stereocenters. The van der Waals surface area contributed by atoms with Gasteiger partial charge in [0.1, 0.15) is 5.78 Å². The van der Waals surface area contributed by atoms with Crippen molar-refractivity contribution in [1.82, 2.24) is 0 Å². The van der Waals surface area contributed by atoms with Crippen LogP contribution in [0, 0.1) is 0 Å². The van der Waals surface area contributed by atoms with E-state index in [9.17, 15) is 4.79 Å². The lowest BCUT2D eigenvalue weighted by atomic mass is 10.0. The van der Waals surface area contributed by atoms with E-state index in [-0.39, 0.29) is 5.78 Å². The van der Waals surface area contributed by atoms with Gasteiger partial charge in [-0.25, -0.2) is 0 Å². The van der Waals surface area contributed by atoms with E-state index in [1.54, 1.807) is 19.1 Å². The van der Waals surface area contributed by atoms with Gasteiger partial charge in [0.2, 0.25) is 0 Å². The fourth-order valence-electron chi connectivity index (χ4n) is 1.24. The number of rotatable bonds is 4. The summed E-state index contributed by atoms with van der Waals surface area (Å²) >= 11 is 11.8. The molecule has 1 aromatic carbocycles. The molecule has 0 N–H and O–H groups in total. The van der Waals surface area contributed by atoms with Crippen LogP contribution in [0.15, 0.2) is 24.8 Å². The maximum Gasteiger partial charge on any atom is 0.130 e. The number of benzene rings is 1. The molecule has 0 saturated carbocycles. The molecule has 3 heteroatoms. The SMILES string of the molecule is C=C(CCC(C)=O)c1ccc(Cl)cc1Cl. The molecule has 0 bridgehead atoms. The van der Waals surface area contributed by atoms with Crippen LogP contribution in [0.25, 0.3) is 5.57 Å². The summed E-state index contributed by atoms with van der Waals surface area (Å²) in [6.45, 7) is 5.47. The molecule has 1 rings (SSSR count). The van der Waals surface area contributed by atoms with Crippen molar-refractivity contribution in [2.75, 3.05) is 0 Å². The molecular formula is C12H12Cl2O. The van der Waals surface area contributed by atoms with Crippen LogP contribution in [-0.2, 0) is 4.79 Å². The normalized spacial score (nSPS) is 10.1. The first-order valence-corrected chi connectivity index (χ1v) is 5.39. The lowest BCUT2D eigenvalue weighted by molar-refractivity contribution is -0.116. The Bertz CT molecular complexity index is 397. The topological polar surface area (TPSA) is 17.1 Å². The molecule has 0 radical (unpaired) electrons. The summed E-state index contributed by atoms with van der Waals surface area (Å²) in [5.74, 6) is 0.154. The van der Waals surface area contributed by atoms with Gasteiger partial charge < -0.3 is 4.79 Å². The Morgan fingerprint density at radius 2 is 2.00 bits per heavy atom. The van der Waals surface area contributed by atoms with E-state index in [0.717, 1.165) is 11.1 Å². The molecule has 0 spiro atoms. The van der Waals surface area contributed by atoms with Gasteiger partial charge in [-0.05, 0) is 36.6 Å². The third-order valence-corrected chi connectivity index (χ3v) is 2.64. The van der Waals surface area contributed by atoms with Crippen LogP contribution in [-0.4, -0.2) is 5.78 Å². The largest absolute Gasteiger partial charge is 0.300 e. The second-order valence-electron chi connectivity index (χ2n) is 3.43. The van der Waals surface area contributed by atoms with Crippen LogP contribution in [0.4, 0.5) is 0 Å². The molecule has 80 valence electrons. The molecule has 0 amide bonds. The Labute approximate surface area is 99.7 Å². The van der Waals surface area contributed by atoms with E-state index >= 15 is 0 Å². The standard InChI is InChI=1S/C12H12Cl2O/c1-8(3-4-9(2)15)11-6-5-10(13)7-12(11)14/h5-7H,1,3-4H2,2H3. The van der Waals surface area contributed by atoms with E-state index in [1.807, 2.05) is 6.07 Å². The van der Waals surface area contributed by atoms with E-state index in [4.69, 9.17) is 23.2 Å². The average molecular weight is 243 g/mol. The van der Waals surface area contributed by atoms with Gasteiger partial charge in [0.15, 0.2) is 0 Å². The van der Waals surface area contributed by atoms with Gasteiger partial charge in [0.25, 0.3) is 0 Å². The molecule has 0 aliphatic carbocycles. The number of carbonyl (C=O) groups is 1. The minimum absolute atomic E-state index is 0.154. The zero-order valence-electron chi connectivity index (χ0n) is 8.52. The minimum atomic E-state index is 0.154. The molecule has 0 saturated heterocycles. The first kappa shape index (κ1) is 12.3. The van der Waals surface area contributed by atoms with E-state index in [2.05, 4.69) is 6.58 Å².